The SMILES string of the molecule is CN(C(=O)c1ccc2[nH]ccc2c1)C1COCC1C(=O)O. The summed E-state index contributed by atoms with van der Waals surface area (Å²) in [5, 5.41) is 10.1. The molecule has 2 heterocycles. The minimum Gasteiger partial charge on any atom is -0.481 e. The van der Waals surface area contributed by atoms with Crippen LogP contribution in [-0.4, -0.2) is 53.2 Å². The van der Waals surface area contributed by atoms with Crippen molar-refractivity contribution < 1.29 is 19.4 Å². The molecule has 0 radical (unpaired) electrons. The van der Waals surface area contributed by atoms with Gasteiger partial charge in [-0.1, -0.05) is 0 Å². The molecule has 110 valence electrons. The number of carbonyl (C=O) groups is 2. The first-order valence-electron chi connectivity index (χ1n) is 6.73. The summed E-state index contributed by atoms with van der Waals surface area (Å²) in [5.74, 6) is -1.80. The van der Waals surface area contributed by atoms with Crippen LogP contribution in [0.1, 0.15) is 10.4 Å². The highest BCUT2D eigenvalue weighted by Gasteiger charge is 2.38. The van der Waals surface area contributed by atoms with E-state index in [4.69, 9.17) is 4.74 Å². The second-order valence-corrected chi connectivity index (χ2v) is 5.25. The first kappa shape index (κ1) is 13.6. The maximum atomic E-state index is 12.5. The normalized spacial score (nSPS) is 21.6. The largest absolute Gasteiger partial charge is 0.481 e. The van der Waals surface area contributed by atoms with Crippen molar-refractivity contribution in [2.45, 2.75) is 6.04 Å². The van der Waals surface area contributed by atoms with E-state index in [-0.39, 0.29) is 19.1 Å². The fourth-order valence-electron chi connectivity index (χ4n) is 2.70. The van der Waals surface area contributed by atoms with Crippen molar-refractivity contribution in [2.75, 3.05) is 20.3 Å². The van der Waals surface area contributed by atoms with Gasteiger partial charge in [-0.25, -0.2) is 0 Å². The summed E-state index contributed by atoms with van der Waals surface area (Å²) in [6, 6.07) is 6.84. The van der Waals surface area contributed by atoms with Crippen LogP contribution in [0, 0.1) is 5.92 Å². The molecule has 1 fully saturated rings. The molecule has 1 amide bonds. The zero-order valence-electron chi connectivity index (χ0n) is 11.6. The molecular formula is C15H16N2O4. The molecule has 21 heavy (non-hydrogen) atoms. The maximum absolute atomic E-state index is 12.5. The molecule has 6 nitrogen and oxygen atoms in total. The number of nitrogens with zero attached hydrogens (tertiary/aromatic N) is 1. The Kier molecular flexibility index (Phi) is 3.39. The zero-order valence-corrected chi connectivity index (χ0v) is 11.6. The molecule has 2 N–H and O–H groups in total. The van der Waals surface area contributed by atoms with Crippen LogP contribution in [0.4, 0.5) is 0 Å². The number of fused-ring (bicyclic) bond motifs is 1. The van der Waals surface area contributed by atoms with E-state index in [9.17, 15) is 14.7 Å². The van der Waals surface area contributed by atoms with E-state index in [0.717, 1.165) is 10.9 Å². The van der Waals surface area contributed by atoms with Crippen molar-refractivity contribution in [1.82, 2.24) is 9.88 Å². The Morgan fingerprint density at radius 3 is 2.90 bits per heavy atom. The number of nitrogens with one attached hydrogen (secondary N) is 1. The minimum absolute atomic E-state index is 0.147. The number of aromatic amines is 1. The van der Waals surface area contributed by atoms with Crippen molar-refractivity contribution in [3.05, 3.63) is 36.0 Å². The van der Waals surface area contributed by atoms with Gasteiger partial charge in [0, 0.05) is 29.7 Å². The summed E-state index contributed by atoms with van der Waals surface area (Å²) in [4.78, 5) is 28.3. The fraction of sp³-hybridized carbons (Fsp3) is 0.333. The highest BCUT2D eigenvalue weighted by molar-refractivity contribution is 5.98. The quantitative estimate of drug-likeness (QED) is 0.893. The Morgan fingerprint density at radius 1 is 1.33 bits per heavy atom. The second kappa shape index (κ2) is 5.21. The van der Waals surface area contributed by atoms with Crippen LogP contribution in [0.5, 0.6) is 0 Å². The van der Waals surface area contributed by atoms with E-state index in [0.29, 0.717) is 5.56 Å². The second-order valence-electron chi connectivity index (χ2n) is 5.25. The van der Waals surface area contributed by atoms with Crippen molar-refractivity contribution in [1.29, 1.82) is 0 Å². The smallest absolute Gasteiger partial charge is 0.311 e. The molecule has 0 bridgehead atoms. The number of hydrogen-bond donors (Lipinski definition) is 2. The van der Waals surface area contributed by atoms with Gasteiger partial charge < -0.3 is 19.7 Å². The minimum atomic E-state index is -0.932. The highest BCUT2D eigenvalue weighted by atomic mass is 16.5. The van der Waals surface area contributed by atoms with Gasteiger partial charge in [0.2, 0.25) is 0 Å². The molecule has 0 spiro atoms. The first-order chi connectivity index (χ1) is 10.1. The van der Waals surface area contributed by atoms with Gasteiger partial charge in [-0.2, -0.15) is 0 Å². The molecule has 1 aromatic carbocycles. The van der Waals surface area contributed by atoms with Gasteiger partial charge in [0.15, 0.2) is 0 Å². The third-order valence-corrected chi connectivity index (χ3v) is 3.99. The van der Waals surface area contributed by atoms with E-state index in [1.54, 1.807) is 19.2 Å². The van der Waals surface area contributed by atoms with Crippen LogP contribution < -0.4 is 0 Å². The number of ether oxygens (including phenoxy) is 1. The predicted molar refractivity (Wildman–Crippen MR) is 76.1 cm³/mol. The summed E-state index contributed by atoms with van der Waals surface area (Å²) < 4.78 is 5.22. The molecule has 3 rings (SSSR count). The van der Waals surface area contributed by atoms with Gasteiger partial charge in [-0.15, -0.1) is 0 Å². The van der Waals surface area contributed by atoms with Crippen LogP contribution in [-0.2, 0) is 9.53 Å². The van der Waals surface area contributed by atoms with Gasteiger partial charge in [-0.05, 0) is 24.3 Å². The number of carbonyl (C=O) groups excluding carboxylic acids is 1. The van der Waals surface area contributed by atoms with Gasteiger partial charge in [0.1, 0.15) is 5.92 Å². The number of likely N-dealkylation sites (N-methyl/N-ethyl adjacent to an activating group) is 1. The molecule has 2 aromatic rings. The van der Waals surface area contributed by atoms with Gasteiger partial charge in [0.05, 0.1) is 19.3 Å². The molecule has 1 aliphatic rings. The number of carboxylic acids is 1. The summed E-state index contributed by atoms with van der Waals surface area (Å²) >= 11 is 0. The summed E-state index contributed by atoms with van der Waals surface area (Å²) in [6.07, 6.45) is 1.81. The lowest BCUT2D eigenvalue weighted by molar-refractivity contribution is -0.142. The molecule has 2 unspecified atom stereocenters. The number of aromatic nitrogens is 1. The van der Waals surface area contributed by atoms with Crippen molar-refractivity contribution >= 4 is 22.8 Å². The summed E-state index contributed by atoms with van der Waals surface area (Å²) in [7, 11) is 1.62. The lowest BCUT2D eigenvalue weighted by Crippen LogP contribution is -2.44. The molecule has 1 saturated heterocycles. The van der Waals surface area contributed by atoms with Gasteiger partial charge >= 0.3 is 5.97 Å². The topological polar surface area (TPSA) is 82.6 Å². The Balaban J connectivity index is 1.84. The number of benzene rings is 1. The number of hydrogen-bond acceptors (Lipinski definition) is 3. The number of carboxylic acid groups (broad SMARTS) is 1. The summed E-state index contributed by atoms with van der Waals surface area (Å²) in [5.41, 5.74) is 1.50. The van der Waals surface area contributed by atoms with Gasteiger partial charge in [-0.3, -0.25) is 9.59 Å². The Labute approximate surface area is 121 Å². The van der Waals surface area contributed by atoms with E-state index in [1.165, 1.54) is 4.90 Å². The predicted octanol–water partition coefficient (Wildman–Crippen LogP) is 1.34. The van der Waals surface area contributed by atoms with Crippen LogP contribution in [0.25, 0.3) is 10.9 Å². The van der Waals surface area contributed by atoms with Crippen molar-refractivity contribution in [2.24, 2.45) is 5.92 Å². The lowest BCUT2D eigenvalue weighted by Gasteiger charge is -2.26. The van der Waals surface area contributed by atoms with Crippen LogP contribution in [0.15, 0.2) is 30.5 Å². The average molecular weight is 288 g/mol. The van der Waals surface area contributed by atoms with Crippen molar-refractivity contribution in [3.63, 3.8) is 0 Å². The third-order valence-electron chi connectivity index (χ3n) is 3.99. The monoisotopic (exact) mass is 288 g/mol. The number of aliphatic carboxylic acids is 1. The Hall–Kier alpha value is -2.34. The number of rotatable bonds is 3. The maximum Gasteiger partial charge on any atom is 0.311 e. The van der Waals surface area contributed by atoms with E-state index >= 15 is 0 Å². The average Bonchev–Trinajstić information content (AvgIpc) is 3.13. The fourth-order valence-corrected chi connectivity index (χ4v) is 2.70. The number of amides is 1. The van der Waals surface area contributed by atoms with Crippen LogP contribution in [0.3, 0.4) is 0 Å². The Morgan fingerprint density at radius 2 is 2.14 bits per heavy atom. The molecule has 1 aliphatic heterocycles. The van der Waals surface area contributed by atoms with Crippen LogP contribution in [0.2, 0.25) is 0 Å². The third kappa shape index (κ3) is 2.38. The standard InChI is InChI=1S/C15H16N2O4/c1-17(13-8-21-7-11(13)15(19)20)14(18)10-2-3-12-9(6-10)4-5-16-12/h2-6,11,13,16H,7-8H2,1H3,(H,19,20). The van der Waals surface area contributed by atoms with Crippen LogP contribution >= 0.6 is 0 Å². The molecule has 1 aromatic heterocycles. The molecule has 6 heteroatoms. The lowest BCUT2D eigenvalue weighted by atomic mass is 10.0. The van der Waals surface area contributed by atoms with Crippen molar-refractivity contribution in [3.8, 4) is 0 Å². The van der Waals surface area contributed by atoms with E-state index in [2.05, 4.69) is 4.98 Å². The first-order valence-corrected chi connectivity index (χ1v) is 6.73. The zero-order chi connectivity index (χ0) is 15.0. The molecule has 0 saturated carbocycles. The Bertz CT molecular complexity index is 694. The van der Waals surface area contributed by atoms with E-state index < -0.39 is 17.9 Å². The highest BCUT2D eigenvalue weighted by Crippen LogP contribution is 2.22. The molecule has 2 atom stereocenters. The molecule has 0 aliphatic carbocycles. The summed E-state index contributed by atoms with van der Waals surface area (Å²) in [6.45, 7) is 0.403. The number of H-pyrrole nitrogens is 1. The molecular weight excluding hydrogens is 272 g/mol. The van der Waals surface area contributed by atoms with E-state index in [1.807, 2.05) is 18.3 Å². The van der Waals surface area contributed by atoms with Gasteiger partial charge in [0.25, 0.3) is 5.91 Å².